The summed E-state index contributed by atoms with van der Waals surface area (Å²) in [6.07, 6.45) is 0. The maximum Gasteiger partial charge on any atom is 0.236 e. The highest BCUT2D eigenvalue weighted by molar-refractivity contribution is 5.78. The van der Waals surface area contributed by atoms with Crippen LogP contribution in [-0.2, 0) is 17.9 Å². The molecule has 0 saturated carbocycles. The first-order valence-electron chi connectivity index (χ1n) is 8.07. The summed E-state index contributed by atoms with van der Waals surface area (Å²) in [5.41, 5.74) is 1.55. The lowest BCUT2D eigenvalue weighted by atomic mass is 10.2. The molecule has 0 spiro atoms. The molecule has 5 nitrogen and oxygen atoms in total. The van der Waals surface area contributed by atoms with E-state index in [-0.39, 0.29) is 31.6 Å². The summed E-state index contributed by atoms with van der Waals surface area (Å²) in [4.78, 5) is 15.8. The number of ether oxygens (including phenoxy) is 2. The van der Waals surface area contributed by atoms with Crippen molar-refractivity contribution in [2.75, 3.05) is 27.4 Å². The Hall–Kier alpha value is -2.60. The minimum absolute atomic E-state index is 0.0634. The van der Waals surface area contributed by atoms with Crippen molar-refractivity contribution < 1.29 is 18.7 Å². The zero-order valence-electron chi connectivity index (χ0n) is 14.4. The lowest BCUT2D eigenvalue weighted by molar-refractivity contribution is -0.131. The molecule has 0 N–H and O–H groups in total. The molecule has 0 aromatic heterocycles. The highest BCUT2D eigenvalue weighted by atomic mass is 19.1. The molecule has 0 saturated heterocycles. The van der Waals surface area contributed by atoms with Crippen LogP contribution in [0, 0.1) is 5.82 Å². The Labute approximate surface area is 146 Å². The van der Waals surface area contributed by atoms with E-state index in [1.165, 1.54) is 11.0 Å². The van der Waals surface area contributed by atoms with Crippen molar-refractivity contribution in [1.29, 1.82) is 0 Å². The largest absolute Gasteiger partial charge is 0.454 e. The van der Waals surface area contributed by atoms with Gasteiger partial charge in [-0.3, -0.25) is 9.69 Å². The van der Waals surface area contributed by atoms with Crippen LogP contribution in [0.5, 0.6) is 11.5 Å². The van der Waals surface area contributed by atoms with Crippen LogP contribution in [-0.4, -0.2) is 43.1 Å². The summed E-state index contributed by atoms with van der Waals surface area (Å²) < 4.78 is 24.4. The molecule has 1 heterocycles. The smallest absolute Gasteiger partial charge is 0.236 e. The molecular weight excluding hydrogens is 323 g/mol. The summed E-state index contributed by atoms with van der Waals surface area (Å²) in [6, 6.07) is 12.2. The second-order valence-electron chi connectivity index (χ2n) is 6.20. The van der Waals surface area contributed by atoms with Crippen molar-refractivity contribution in [3.63, 3.8) is 0 Å². The molecule has 0 bridgehead atoms. The van der Waals surface area contributed by atoms with Gasteiger partial charge in [-0.15, -0.1) is 0 Å². The van der Waals surface area contributed by atoms with Crippen LogP contribution in [0.1, 0.15) is 11.1 Å². The van der Waals surface area contributed by atoms with E-state index in [1.807, 2.05) is 30.1 Å². The monoisotopic (exact) mass is 344 g/mol. The van der Waals surface area contributed by atoms with Gasteiger partial charge < -0.3 is 14.4 Å². The van der Waals surface area contributed by atoms with Gasteiger partial charge in [0.05, 0.1) is 6.54 Å². The zero-order valence-corrected chi connectivity index (χ0v) is 14.4. The molecule has 6 heteroatoms. The predicted molar refractivity (Wildman–Crippen MR) is 91.8 cm³/mol. The van der Waals surface area contributed by atoms with Crippen molar-refractivity contribution in [3.8, 4) is 11.5 Å². The third-order valence-corrected chi connectivity index (χ3v) is 4.09. The van der Waals surface area contributed by atoms with Crippen LogP contribution < -0.4 is 9.47 Å². The summed E-state index contributed by atoms with van der Waals surface area (Å²) in [5.74, 6) is 1.11. The van der Waals surface area contributed by atoms with E-state index in [4.69, 9.17) is 9.47 Å². The topological polar surface area (TPSA) is 42.0 Å². The SMILES string of the molecule is CN(CC(=O)N(C)Cc1ccccc1F)Cc1ccc2c(c1)OCO2. The second-order valence-corrected chi connectivity index (χ2v) is 6.20. The molecule has 0 aliphatic carbocycles. The van der Waals surface area contributed by atoms with Crippen molar-refractivity contribution in [3.05, 3.63) is 59.4 Å². The fraction of sp³-hybridized carbons (Fsp3) is 0.316. The molecule has 0 unspecified atom stereocenters. The highest BCUT2D eigenvalue weighted by Crippen LogP contribution is 2.32. The Kier molecular flexibility index (Phi) is 5.19. The van der Waals surface area contributed by atoms with Gasteiger partial charge in [-0.2, -0.15) is 0 Å². The number of nitrogens with zero attached hydrogens (tertiary/aromatic N) is 2. The maximum absolute atomic E-state index is 13.7. The van der Waals surface area contributed by atoms with Crippen molar-refractivity contribution >= 4 is 5.91 Å². The number of benzene rings is 2. The van der Waals surface area contributed by atoms with E-state index in [1.54, 1.807) is 25.2 Å². The predicted octanol–water partition coefficient (Wildman–Crippen LogP) is 2.64. The Balaban J connectivity index is 1.54. The number of amides is 1. The van der Waals surface area contributed by atoms with Gasteiger partial charge in [-0.1, -0.05) is 24.3 Å². The summed E-state index contributed by atoms with van der Waals surface area (Å²) in [6.45, 7) is 1.35. The van der Waals surface area contributed by atoms with Crippen LogP contribution in [0.15, 0.2) is 42.5 Å². The zero-order chi connectivity index (χ0) is 17.8. The van der Waals surface area contributed by atoms with Crippen LogP contribution in [0.3, 0.4) is 0 Å². The standard InChI is InChI=1S/C19H21FN2O3/c1-21(10-14-7-8-17-18(9-14)25-13-24-17)12-19(23)22(2)11-15-5-3-4-6-16(15)20/h3-9H,10-13H2,1-2H3. The molecule has 1 aliphatic heterocycles. The first-order valence-corrected chi connectivity index (χ1v) is 8.07. The van der Waals surface area contributed by atoms with Gasteiger partial charge in [0.25, 0.3) is 0 Å². The number of carbonyl (C=O) groups excluding carboxylic acids is 1. The lowest BCUT2D eigenvalue weighted by Gasteiger charge is -2.22. The Bertz CT molecular complexity index is 766. The number of halogens is 1. The van der Waals surface area contributed by atoms with Crippen LogP contribution in [0.25, 0.3) is 0 Å². The van der Waals surface area contributed by atoms with E-state index >= 15 is 0 Å². The number of carbonyl (C=O) groups is 1. The minimum Gasteiger partial charge on any atom is -0.454 e. The average Bonchev–Trinajstić information content (AvgIpc) is 3.04. The van der Waals surface area contributed by atoms with E-state index < -0.39 is 0 Å². The quantitative estimate of drug-likeness (QED) is 0.808. The molecule has 0 atom stereocenters. The Morgan fingerprint density at radius 1 is 1.08 bits per heavy atom. The van der Waals surface area contributed by atoms with Gasteiger partial charge in [-0.05, 0) is 30.8 Å². The fourth-order valence-electron chi connectivity index (χ4n) is 2.73. The van der Waals surface area contributed by atoms with Gasteiger partial charge in [0.1, 0.15) is 5.82 Å². The third-order valence-electron chi connectivity index (χ3n) is 4.09. The number of rotatable bonds is 6. The lowest BCUT2D eigenvalue weighted by Crippen LogP contribution is -2.36. The Morgan fingerprint density at radius 2 is 1.84 bits per heavy atom. The summed E-state index contributed by atoms with van der Waals surface area (Å²) >= 11 is 0. The molecule has 1 amide bonds. The fourth-order valence-corrected chi connectivity index (χ4v) is 2.73. The van der Waals surface area contributed by atoms with Crippen molar-refractivity contribution in [2.45, 2.75) is 13.1 Å². The van der Waals surface area contributed by atoms with E-state index in [9.17, 15) is 9.18 Å². The van der Waals surface area contributed by atoms with Gasteiger partial charge in [0.15, 0.2) is 11.5 Å². The Morgan fingerprint density at radius 3 is 2.64 bits per heavy atom. The van der Waals surface area contributed by atoms with Crippen LogP contribution in [0.2, 0.25) is 0 Å². The first kappa shape index (κ1) is 17.2. The van der Waals surface area contributed by atoms with Crippen molar-refractivity contribution in [1.82, 2.24) is 9.80 Å². The van der Waals surface area contributed by atoms with Gasteiger partial charge >= 0.3 is 0 Å². The average molecular weight is 344 g/mol. The number of hydrogen-bond donors (Lipinski definition) is 0. The molecule has 0 fully saturated rings. The maximum atomic E-state index is 13.7. The minimum atomic E-state index is -0.295. The molecule has 25 heavy (non-hydrogen) atoms. The van der Waals surface area contributed by atoms with Crippen molar-refractivity contribution in [2.24, 2.45) is 0 Å². The molecule has 2 aromatic rings. The number of hydrogen-bond acceptors (Lipinski definition) is 4. The summed E-state index contributed by atoms with van der Waals surface area (Å²) in [5, 5.41) is 0. The van der Waals surface area contributed by atoms with Crippen LogP contribution >= 0.6 is 0 Å². The molecule has 1 aliphatic rings. The van der Waals surface area contributed by atoms with E-state index in [0.29, 0.717) is 12.1 Å². The van der Waals surface area contributed by atoms with Gasteiger partial charge in [-0.25, -0.2) is 4.39 Å². The summed E-state index contributed by atoms with van der Waals surface area (Å²) in [7, 11) is 3.56. The molecule has 0 radical (unpaired) electrons. The van der Waals surface area contributed by atoms with Crippen LogP contribution in [0.4, 0.5) is 4.39 Å². The molecule has 132 valence electrons. The number of fused-ring (bicyclic) bond motifs is 1. The second kappa shape index (κ2) is 7.53. The number of likely N-dealkylation sites (N-methyl/N-ethyl adjacent to an activating group) is 2. The van der Waals surface area contributed by atoms with E-state index in [2.05, 4.69) is 0 Å². The molecule has 3 rings (SSSR count). The van der Waals surface area contributed by atoms with Gasteiger partial charge in [0.2, 0.25) is 12.7 Å². The first-order chi connectivity index (χ1) is 12.0. The molecular formula is C19H21FN2O3. The molecule has 2 aromatic carbocycles. The third kappa shape index (κ3) is 4.28. The highest BCUT2D eigenvalue weighted by Gasteiger charge is 2.16. The normalized spacial score (nSPS) is 12.5. The van der Waals surface area contributed by atoms with Gasteiger partial charge in [0, 0.05) is 25.7 Å². The van der Waals surface area contributed by atoms with E-state index in [0.717, 1.165) is 17.1 Å².